The predicted molar refractivity (Wildman–Crippen MR) is 92.7 cm³/mol. The Morgan fingerprint density at radius 1 is 1.26 bits per heavy atom. The van der Waals surface area contributed by atoms with Gasteiger partial charge in [-0.15, -0.1) is 0 Å². The van der Waals surface area contributed by atoms with Gasteiger partial charge in [-0.25, -0.2) is 9.97 Å². The highest BCUT2D eigenvalue weighted by atomic mass is 15.2. The van der Waals surface area contributed by atoms with E-state index in [0.717, 1.165) is 36.5 Å². The molecule has 3 aromatic rings. The topological polar surface area (TPSA) is 42.7 Å². The lowest BCUT2D eigenvalue weighted by Gasteiger charge is -2.26. The second-order valence-electron chi connectivity index (χ2n) is 6.41. The van der Waals surface area contributed by atoms with E-state index in [2.05, 4.69) is 52.1 Å². The molecule has 1 unspecified atom stereocenters. The molecule has 118 valence electrons. The highest BCUT2D eigenvalue weighted by Crippen LogP contribution is 2.25. The lowest BCUT2D eigenvalue weighted by Crippen LogP contribution is -2.32. The van der Waals surface area contributed by atoms with Crippen LogP contribution in [0.15, 0.2) is 42.6 Å². The average molecular weight is 306 g/mol. The van der Waals surface area contributed by atoms with E-state index in [-0.39, 0.29) is 0 Å². The summed E-state index contributed by atoms with van der Waals surface area (Å²) in [5.74, 6) is 1.12. The molecule has 0 aliphatic carbocycles. The number of fused-ring (bicyclic) bond motifs is 1. The average Bonchev–Trinajstić information content (AvgIpc) is 2.93. The van der Waals surface area contributed by atoms with E-state index in [0.29, 0.717) is 6.04 Å². The molecule has 0 radical (unpaired) electrons. The van der Waals surface area contributed by atoms with Crippen LogP contribution in [0.4, 0.5) is 0 Å². The second-order valence-corrected chi connectivity index (χ2v) is 6.41. The van der Waals surface area contributed by atoms with Crippen LogP contribution in [0.2, 0.25) is 0 Å². The minimum absolute atomic E-state index is 0.448. The summed E-state index contributed by atoms with van der Waals surface area (Å²) in [6.07, 6.45) is 5.12. The Labute approximate surface area is 136 Å². The fraction of sp³-hybridized carbons (Fsp3) is 0.368. The van der Waals surface area contributed by atoms with Crippen molar-refractivity contribution in [2.45, 2.75) is 32.2 Å². The maximum atomic E-state index is 4.89. The standard InChI is InChI=1S/C19H22N4/c1-14-5-2-6-15(11-14)12-18-22-17-8-4-10-21-19(17)23(18)16-7-3-9-20-13-16/h2,4-6,8,10-11,16,20H,3,7,9,12-13H2,1H3. The van der Waals surface area contributed by atoms with Gasteiger partial charge in [-0.1, -0.05) is 29.8 Å². The zero-order valence-corrected chi connectivity index (χ0v) is 13.5. The molecule has 1 aromatic carbocycles. The summed E-state index contributed by atoms with van der Waals surface area (Å²) < 4.78 is 2.36. The van der Waals surface area contributed by atoms with E-state index < -0.39 is 0 Å². The molecule has 2 aromatic heterocycles. The van der Waals surface area contributed by atoms with Gasteiger partial charge in [-0.2, -0.15) is 0 Å². The quantitative estimate of drug-likeness (QED) is 0.807. The molecule has 1 N–H and O–H groups in total. The highest BCUT2D eigenvalue weighted by Gasteiger charge is 2.21. The molecule has 3 heterocycles. The van der Waals surface area contributed by atoms with Gasteiger partial charge in [-0.05, 0) is 44.0 Å². The Bertz CT molecular complexity index is 815. The molecule has 1 atom stereocenters. The molecule has 1 aliphatic heterocycles. The first-order chi connectivity index (χ1) is 11.3. The number of nitrogens with one attached hydrogen (secondary N) is 1. The van der Waals surface area contributed by atoms with Crippen molar-refractivity contribution >= 4 is 11.2 Å². The van der Waals surface area contributed by atoms with Crippen LogP contribution in [0, 0.1) is 6.92 Å². The molecule has 4 rings (SSSR count). The minimum atomic E-state index is 0.448. The molecule has 0 bridgehead atoms. The fourth-order valence-corrected chi connectivity index (χ4v) is 3.54. The van der Waals surface area contributed by atoms with E-state index in [1.807, 2.05) is 12.3 Å². The van der Waals surface area contributed by atoms with Gasteiger partial charge in [0.1, 0.15) is 11.3 Å². The van der Waals surface area contributed by atoms with Gasteiger partial charge in [0.15, 0.2) is 5.65 Å². The van der Waals surface area contributed by atoms with Crippen molar-refractivity contribution in [1.82, 2.24) is 19.9 Å². The van der Waals surface area contributed by atoms with Crippen molar-refractivity contribution in [3.05, 3.63) is 59.5 Å². The van der Waals surface area contributed by atoms with E-state index >= 15 is 0 Å². The first-order valence-corrected chi connectivity index (χ1v) is 8.39. The number of imidazole rings is 1. The fourth-order valence-electron chi connectivity index (χ4n) is 3.54. The zero-order chi connectivity index (χ0) is 15.6. The molecule has 23 heavy (non-hydrogen) atoms. The van der Waals surface area contributed by atoms with Crippen LogP contribution in [-0.4, -0.2) is 27.6 Å². The van der Waals surface area contributed by atoms with Gasteiger partial charge in [0.25, 0.3) is 0 Å². The maximum Gasteiger partial charge on any atom is 0.160 e. The molecule has 0 spiro atoms. The number of rotatable bonds is 3. The summed E-state index contributed by atoms with van der Waals surface area (Å²) in [6, 6.07) is 13.2. The molecule has 4 nitrogen and oxygen atoms in total. The summed E-state index contributed by atoms with van der Waals surface area (Å²) in [5, 5.41) is 3.51. The van der Waals surface area contributed by atoms with E-state index in [1.165, 1.54) is 24.0 Å². The number of pyridine rings is 1. The number of benzene rings is 1. The van der Waals surface area contributed by atoms with Crippen LogP contribution < -0.4 is 5.32 Å². The summed E-state index contributed by atoms with van der Waals surface area (Å²) in [7, 11) is 0. The third-order valence-electron chi connectivity index (χ3n) is 4.60. The molecular formula is C19H22N4. The Kier molecular flexibility index (Phi) is 3.83. The van der Waals surface area contributed by atoms with Crippen molar-refractivity contribution in [3.8, 4) is 0 Å². The summed E-state index contributed by atoms with van der Waals surface area (Å²) >= 11 is 0. The van der Waals surface area contributed by atoms with Crippen LogP contribution in [-0.2, 0) is 6.42 Å². The largest absolute Gasteiger partial charge is 0.315 e. The van der Waals surface area contributed by atoms with Gasteiger partial charge in [0.2, 0.25) is 0 Å². The summed E-state index contributed by atoms with van der Waals surface area (Å²) in [4.78, 5) is 9.49. The Morgan fingerprint density at radius 2 is 2.22 bits per heavy atom. The van der Waals surface area contributed by atoms with Crippen LogP contribution in [0.1, 0.15) is 35.8 Å². The molecule has 4 heteroatoms. The number of aromatic nitrogens is 3. The summed E-state index contributed by atoms with van der Waals surface area (Å²) in [6.45, 7) is 4.26. The third-order valence-corrected chi connectivity index (χ3v) is 4.60. The van der Waals surface area contributed by atoms with Gasteiger partial charge in [-0.3, -0.25) is 0 Å². The monoisotopic (exact) mass is 306 g/mol. The highest BCUT2D eigenvalue weighted by molar-refractivity contribution is 5.71. The number of piperidine rings is 1. The molecule has 0 amide bonds. The van der Waals surface area contributed by atoms with Crippen LogP contribution in [0.5, 0.6) is 0 Å². The number of nitrogens with zero attached hydrogens (tertiary/aromatic N) is 3. The number of hydrogen-bond donors (Lipinski definition) is 1. The van der Waals surface area contributed by atoms with Gasteiger partial charge < -0.3 is 9.88 Å². The molecule has 0 saturated carbocycles. The normalized spacial score (nSPS) is 18.4. The van der Waals surface area contributed by atoms with E-state index in [1.54, 1.807) is 0 Å². The molecule has 1 fully saturated rings. The zero-order valence-electron chi connectivity index (χ0n) is 13.5. The Morgan fingerprint density at radius 3 is 3.04 bits per heavy atom. The first-order valence-electron chi connectivity index (χ1n) is 8.39. The van der Waals surface area contributed by atoms with E-state index in [4.69, 9.17) is 4.98 Å². The first kappa shape index (κ1) is 14.4. The minimum Gasteiger partial charge on any atom is -0.315 e. The number of aryl methyl sites for hydroxylation is 1. The Balaban J connectivity index is 1.78. The Hall–Kier alpha value is -2.20. The van der Waals surface area contributed by atoms with Crippen molar-refractivity contribution in [2.75, 3.05) is 13.1 Å². The summed E-state index contributed by atoms with van der Waals surface area (Å²) in [5.41, 5.74) is 4.62. The molecular weight excluding hydrogens is 284 g/mol. The van der Waals surface area contributed by atoms with E-state index in [9.17, 15) is 0 Å². The SMILES string of the molecule is Cc1cccc(Cc2nc3cccnc3n2C2CCCNC2)c1. The van der Waals surface area contributed by atoms with Crippen molar-refractivity contribution in [1.29, 1.82) is 0 Å². The maximum absolute atomic E-state index is 4.89. The lowest BCUT2D eigenvalue weighted by atomic mass is 10.1. The van der Waals surface area contributed by atoms with Crippen LogP contribution in [0.25, 0.3) is 11.2 Å². The molecule has 1 saturated heterocycles. The molecule has 1 aliphatic rings. The van der Waals surface area contributed by atoms with Gasteiger partial charge >= 0.3 is 0 Å². The van der Waals surface area contributed by atoms with Crippen LogP contribution in [0.3, 0.4) is 0 Å². The predicted octanol–water partition coefficient (Wildman–Crippen LogP) is 3.26. The van der Waals surface area contributed by atoms with Crippen molar-refractivity contribution < 1.29 is 0 Å². The smallest absolute Gasteiger partial charge is 0.160 e. The van der Waals surface area contributed by atoms with Gasteiger partial charge in [0.05, 0.1) is 0 Å². The van der Waals surface area contributed by atoms with Crippen molar-refractivity contribution in [2.24, 2.45) is 0 Å². The number of hydrogen-bond acceptors (Lipinski definition) is 3. The lowest BCUT2D eigenvalue weighted by molar-refractivity contribution is 0.370. The van der Waals surface area contributed by atoms with Crippen molar-refractivity contribution in [3.63, 3.8) is 0 Å². The second kappa shape index (κ2) is 6.13. The third kappa shape index (κ3) is 2.86. The van der Waals surface area contributed by atoms with Gasteiger partial charge in [0, 0.05) is 25.2 Å². The van der Waals surface area contributed by atoms with Crippen LogP contribution >= 0.6 is 0 Å².